The van der Waals surface area contributed by atoms with E-state index in [9.17, 15) is 0 Å². The third-order valence-corrected chi connectivity index (χ3v) is 2.53. The second kappa shape index (κ2) is 3.48. The molecule has 1 aromatic heterocycles. The Morgan fingerprint density at radius 1 is 1.29 bits per heavy atom. The van der Waals surface area contributed by atoms with Gasteiger partial charge in [-0.25, -0.2) is 0 Å². The van der Waals surface area contributed by atoms with Gasteiger partial charge in [-0.15, -0.1) is 5.10 Å². The molecular formula is C8H6Cl2N4. The summed E-state index contributed by atoms with van der Waals surface area (Å²) in [7, 11) is 0. The average molecular weight is 229 g/mol. The summed E-state index contributed by atoms with van der Waals surface area (Å²) in [6, 6.07) is 5.27. The lowest BCUT2D eigenvalue weighted by atomic mass is 10.2. The maximum atomic E-state index is 5.98. The number of anilines is 1. The first-order valence-corrected chi connectivity index (χ1v) is 4.56. The van der Waals surface area contributed by atoms with Crippen molar-refractivity contribution in [1.82, 2.24) is 15.2 Å². The van der Waals surface area contributed by atoms with E-state index in [1.54, 1.807) is 18.2 Å². The van der Waals surface area contributed by atoms with E-state index in [-0.39, 0.29) is 5.95 Å². The molecule has 1 aromatic carbocycles. The average Bonchev–Trinajstić information content (AvgIpc) is 2.57. The van der Waals surface area contributed by atoms with Crippen molar-refractivity contribution >= 4 is 29.2 Å². The van der Waals surface area contributed by atoms with Crippen molar-refractivity contribution in [3.8, 4) is 11.4 Å². The highest BCUT2D eigenvalue weighted by molar-refractivity contribution is 6.43. The quantitative estimate of drug-likeness (QED) is 0.788. The number of H-pyrrole nitrogens is 1. The van der Waals surface area contributed by atoms with E-state index >= 15 is 0 Å². The number of benzene rings is 1. The molecule has 0 saturated carbocycles. The van der Waals surface area contributed by atoms with Crippen LogP contribution in [0.5, 0.6) is 0 Å². The molecule has 0 unspecified atom stereocenters. The Balaban J connectivity index is 2.57. The van der Waals surface area contributed by atoms with Gasteiger partial charge in [0.15, 0.2) is 5.82 Å². The zero-order valence-corrected chi connectivity index (χ0v) is 8.47. The maximum absolute atomic E-state index is 5.98. The first kappa shape index (κ1) is 9.30. The van der Waals surface area contributed by atoms with Gasteiger partial charge in [0.1, 0.15) is 0 Å². The highest BCUT2D eigenvalue weighted by Crippen LogP contribution is 2.31. The predicted molar refractivity (Wildman–Crippen MR) is 56.3 cm³/mol. The second-order valence-corrected chi connectivity index (χ2v) is 3.43. The van der Waals surface area contributed by atoms with Gasteiger partial charge in [-0.05, 0) is 12.1 Å². The Hall–Kier alpha value is -1.26. The molecule has 0 atom stereocenters. The number of hydrogen-bond donors (Lipinski definition) is 2. The SMILES string of the molecule is Nc1n[nH]c(-c2cccc(Cl)c2Cl)n1. The number of nitrogen functional groups attached to an aromatic ring is 1. The van der Waals surface area contributed by atoms with Crippen LogP contribution in [0.4, 0.5) is 5.95 Å². The summed E-state index contributed by atoms with van der Waals surface area (Å²) in [6.07, 6.45) is 0. The van der Waals surface area contributed by atoms with Gasteiger partial charge in [-0.3, -0.25) is 5.10 Å². The molecule has 4 nitrogen and oxygen atoms in total. The Morgan fingerprint density at radius 3 is 2.71 bits per heavy atom. The smallest absolute Gasteiger partial charge is 0.239 e. The summed E-state index contributed by atoms with van der Waals surface area (Å²) in [5.41, 5.74) is 6.06. The fourth-order valence-electron chi connectivity index (χ4n) is 1.08. The number of nitrogens with one attached hydrogen (secondary N) is 1. The molecule has 0 bridgehead atoms. The molecule has 1 heterocycles. The van der Waals surface area contributed by atoms with Crippen molar-refractivity contribution in [1.29, 1.82) is 0 Å². The molecule has 72 valence electrons. The van der Waals surface area contributed by atoms with Gasteiger partial charge in [0, 0.05) is 5.56 Å². The summed E-state index contributed by atoms with van der Waals surface area (Å²) < 4.78 is 0. The van der Waals surface area contributed by atoms with Crippen LogP contribution in [0.25, 0.3) is 11.4 Å². The topological polar surface area (TPSA) is 67.6 Å². The predicted octanol–water partition coefficient (Wildman–Crippen LogP) is 2.36. The van der Waals surface area contributed by atoms with E-state index in [1.807, 2.05) is 0 Å². The summed E-state index contributed by atoms with van der Waals surface area (Å²) in [4.78, 5) is 3.95. The molecule has 0 aliphatic rings. The molecule has 6 heteroatoms. The second-order valence-electron chi connectivity index (χ2n) is 2.64. The minimum atomic E-state index is 0.177. The number of aromatic amines is 1. The fraction of sp³-hybridized carbons (Fsp3) is 0. The number of rotatable bonds is 1. The molecule has 0 aliphatic carbocycles. The van der Waals surface area contributed by atoms with Crippen LogP contribution in [-0.2, 0) is 0 Å². The van der Waals surface area contributed by atoms with Crippen molar-refractivity contribution in [2.45, 2.75) is 0 Å². The van der Waals surface area contributed by atoms with Gasteiger partial charge in [-0.2, -0.15) is 4.98 Å². The van der Waals surface area contributed by atoms with Crippen LogP contribution in [0.15, 0.2) is 18.2 Å². The zero-order valence-electron chi connectivity index (χ0n) is 6.96. The summed E-state index contributed by atoms with van der Waals surface area (Å²) in [5.74, 6) is 0.686. The van der Waals surface area contributed by atoms with Crippen molar-refractivity contribution < 1.29 is 0 Å². The third kappa shape index (κ3) is 1.54. The van der Waals surface area contributed by atoms with Gasteiger partial charge in [-0.1, -0.05) is 29.3 Å². The van der Waals surface area contributed by atoms with Crippen LogP contribution in [-0.4, -0.2) is 15.2 Å². The molecule has 0 amide bonds. The molecule has 2 rings (SSSR count). The van der Waals surface area contributed by atoms with Gasteiger partial charge < -0.3 is 5.73 Å². The molecule has 2 aromatic rings. The van der Waals surface area contributed by atoms with E-state index in [1.165, 1.54) is 0 Å². The van der Waals surface area contributed by atoms with E-state index in [0.29, 0.717) is 21.4 Å². The van der Waals surface area contributed by atoms with E-state index in [4.69, 9.17) is 28.9 Å². The van der Waals surface area contributed by atoms with E-state index in [2.05, 4.69) is 15.2 Å². The lowest BCUT2D eigenvalue weighted by Gasteiger charge is -2.00. The summed E-state index contributed by atoms with van der Waals surface area (Å²) in [6.45, 7) is 0. The van der Waals surface area contributed by atoms with Crippen molar-refractivity contribution in [3.05, 3.63) is 28.2 Å². The van der Waals surface area contributed by atoms with Gasteiger partial charge >= 0.3 is 0 Å². The highest BCUT2D eigenvalue weighted by atomic mass is 35.5. The van der Waals surface area contributed by atoms with Gasteiger partial charge in [0.05, 0.1) is 10.0 Å². The molecule has 14 heavy (non-hydrogen) atoms. The fourth-order valence-corrected chi connectivity index (χ4v) is 1.47. The number of nitrogens with zero attached hydrogens (tertiary/aromatic N) is 2. The van der Waals surface area contributed by atoms with Crippen molar-refractivity contribution in [3.63, 3.8) is 0 Å². The molecule has 3 N–H and O–H groups in total. The Bertz CT molecular complexity index is 466. The number of nitrogens with two attached hydrogens (primary N) is 1. The van der Waals surface area contributed by atoms with Crippen LogP contribution in [0, 0.1) is 0 Å². The lowest BCUT2D eigenvalue weighted by molar-refractivity contribution is 1.10. The van der Waals surface area contributed by atoms with Gasteiger partial charge in [0.25, 0.3) is 0 Å². The normalized spacial score (nSPS) is 10.4. The van der Waals surface area contributed by atoms with Crippen LogP contribution in [0.1, 0.15) is 0 Å². The Kier molecular flexibility index (Phi) is 2.31. The Labute approximate surface area is 90.1 Å². The molecule has 0 saturated heterocycles. The van der Waals surface area contributed by atoms with E-state index in [0.717, 1.165) is 0 Å². The summed E-state index contributed by atoms with van der Waals surface area (Å²) >= 11 is 11.8. The largest absolute Gasteiger partial charge is 0.366 e. The molecule has 0 spiro atoms. The number of hydrogen-bond acceptors (Lipinski definition) is 3. The number of aromatic nitrogens is 3. The van der Waals surface area contributed by atoms with Crippen LogP contribution in [0.2, 0.25) is 10.0 Å². The van der Waals surface area contributed by atoms with Crippen molar-refractivity contribution in [2.24, 2.45) is 0 Å². The van der Waals surface area contributed by atoms with Crippen LogP contribution < -0.4 is 5.73 Å². The standard InChI is InChI=1S/C8H6Cl2N4/c9-5-3-1-2-4(6(5)10)7-12-8(11)14-13-7/h1-3H,(H3,11,12,13,14). The monoisotopic (exact) mass is 228 g/mol. The minimum absolute atomic E-state index is 0.177. The zero-order chi connectivity index (χ0) is 10.1. The molecular weight excluding hydrogens is 223 g/mol. The molecule has 0 radical (unpaired) electrons. The minimum Gasteiger partial charge on any atom is -0.366 e. The first-order chi connectivity index (χ1) is 6.68. The Morgan fingerprint density at radius 2 is 2.07 bits per heavy atom. The molecule has 0 aliphatic heterocycles. The lowest BCUT2D eigenvalue weighted by Crippen LogP contribution is -1.86. The first-order valence-electron chi connectivity index (χ1n) is 3.81. The summed E-state index contributed by atoms with van der Waals surface area (Å²) in [5, 5.41) is 7.27. The number of halogens is 2. The van der Waals surface area contributed by atoms with Crippen molar-refractivity contribution in [2.75, 3.05) is 5.73 Å². The van der Waals surface area contributed by atoms with Crippen LogP contribution >= 0.6 is 23.2 Å². The van der Waals surface area contributed by atoms with Gasteiger partial charge in [0.2, 0.25) is 5.95 Å². The highest BCUT2D eigenvalue weighted by Gasteiger charge is 2.09. The van der Waals surface area contributed by atoms with E-state index < -0.39 is 0 Å². The maximum Gasteiger partial charge on any atom is 0.239 e. The van der Waals surface area contributed by atoms with Crippen LogP contribution in [0.3, 0.4) is 0 Å². The molecule has 0 fully saturated rings. The third-order valence-electron chi connectivity index (χ3n) is 1.71.